The first-order valence-electron chi connectivity index (χ1n) is 9.66. The number of halogens is 3. The Kier molecular flexibility index (Phi) is 6.62. The third kappa shape index (κ3) is 6.05. The number of hydrogen-bond donors (Lipinski definition) is 3. The van der Waals surface area contributed by atoms with E-state index in [9.17, 15) is 31.2 Å². The SMILES string of the molecule is CC(C)(C)NS(=O)(=O)c1ccc(C(=O)Nc2ccc(NC(=O)c3ccoc3)cc2C(F)(F)F)o1. The molecule has 0 radical (unpaired) electrons. The quantitative estimate of drug-likeness (QED) is 0.459. The van der Waals surface area contributed by atoms with Gasteiger partial charge in [-0.15, -0.1) is 0 Å². The van der Waals surface area contributed by atoms with Crippen molar-refractivity contribution in [2.45, 2.75) is 37.6 Å². The Morgan fingerprint density at radius 3 is 2.24 bits per heavy atom. The van der Waals surface area contributed by atoms with Crippen molar-refractivity contribution >= 4 is 33.2 Å². The molecule has 0 fully saturated rings. The topological polar surface area (TPSA) is 131 Å². The van der Waals surface area contributed by atoms with E-state index in [-0.39, 0.29) is 11.3 Å². The van der Waals surface area contributed by atoms with Crippen LogP contribution in [-0.4, -0.2) is 25.8 Å². The van der Waals surface area contributed by atoms with E-state index in [2.05, 4.69) is 15.4 Å². The molecule has 0 spiro atoms. The molecule has 1 aromatic carbocycles. The van der Waals surface area contributed by atoms with E-state index in [0.29, 0.717) is 6.07 Å². The summed E-state index contributed by atoms with van der Waals surface area (Å²) in [6.07, 6.45) is -2.52. The highest BCUT2D eigenvalue weighted by atomic mass is 32.2. The Morgan fingerprint density at radius 2 is 1.65 bits per heavy atom. The van der Waals surface area contributed by atoms with Gasteiger partial charge in [-0.2, -0.15) is 13.2 Å². The van der Waals surface area contributed by atoms with Crippen LogP contribution in [0.1, 0.15) is 47.2 Å². The monoisotopic (exact) mass is 499 g/mol. The zero-order valence-electron chi connectivity index (χ0n) is 18.1. The van der Waals surface area contributed by atoms with Gasteiger partial charge in [0.25, 0.3) is 21.8 Å². The number of hydrogen-bond acceptors (Lipinski definition) is 6. The minimum Gasteiger partial charge on any atom is -0.472 e. The highest BCUT2D eigenvalue weighted by Gasteiger charge is 2.35. The number of alkyl halides is 3. The first-order chi connectivity index (χ1) is 15.7. The molecule has 0 saturated carbocycles. The molecule has 0 aliphatic carbocycles. The van der Waals surface area contributed by atoms with Crippen LogP contribution in [0, 0.1) is 0 Å². The molecule has 34 heavy (non-hydrogen) atoms. The molecule has 2 aromatic heterocycles. The molecule has 0 atom stereocenters. The molecule has 3 rings (SSSR count). The number of nitrogens with one attached hydrogen (secondary N) is 3. The van der Waals surface area contributed by atoms with Crippen LogP contribution in [-0.2, 0) is 16.2 Å². The van der Waals surface area contributed by atoms with Crippen molar-refractivity contribution in [3.05, 3.63) is 65.8 Å². The summed E-state index contributed by atoms with van der Waals surface area (Å²) in [5.41, 5.74) is -2.75. The molecular formula is C21H20F3N3O6S. The standard InChI is InChI=1S/C21H20F3N3O6S/c1-20(2,3)27-34(30,31)17-7-6-16(33-17)19(29)26-15-5-4-13(10-14(15)21(22,23)24)25-18(28)12-8-9-32-11-12/h4-11,27H,1-3H3,(H,25,28)(H,26,29). The van der Waals surface area contributed by atoms with Crippen LogP contribution in [0.5, 0.6) is 0 Å². The molecular weight excluding hydrogens is 479 g/mol. The number of furan rings is 2. The van der Waals surface area contributed by atoms with Crippen molar-refractivity contribution in [2.24, 2.45) is 0 Å². The lowest BCUT2D eigenvalue weighted by atomic mass is 10.1. The third-order valence-corrected chi connectivity index (χ3v) is 5.76. The highest BCUT2D eigenvalue weighted by molar-refractivity contribution is 7.89. The Morgan fingerprint density at radius 1 is 0.941 bits per heavy atom. The van der Waals surface area contributed by atoms with Crippen molar-refractivity contribution in [3.63, 3.8) is 0 Å². The summed E-state index contributed by atoms with van der Waals surface area (Å²) in [7, 11) is -4.09. The second-order valence-electron chi connectivity index (χ2n) is 8.15. The second-order valence-corrected chi connectivity index (χ2v) is 9.77. The maximum atomic E-state index is 13.6. The molecule has 0 saturated heterocycles. The fraction of sp³-hybridized carbons (Fsp3) is 0.238. The molecule has 0 aliphatic heterocycles. The average molecular weight is 499 g/mol. The van der Waals surface area contributed by atoms with Crippen LogP contribution in [0.15, 0.2) is 62.9 Å². The summed E-state index contributed by atoms with van der Waals surface area (Å²) in [4.78, 5) is 24.5. The molecule has 0 bridgehead atoms. The van der Waals surface area contributed by atoms with Gasteiger partial charge >= 0.3 is 6.18 Å². The zero-order valence-corrected chi connectivity index (χ0v) is 18.9. The Bertz CT molecular complexity index is 1310. The average Bonchev–Trinajstić information content (AvgIpc) is 3.39. The molecule has 3 aromatic rings. The van der Waals surface area contributed by atoms with E-state index in [4.69, 9.17) is 8.83 Å². The summed E-state index contributed by atoms with van der Waals surface area (Å²) >= 11 is 0. The summed E-state index contributed by atoms with van der Waals surface area (Å²) in [5, 5.41) is 3.79. The van der Waals surface area contributed by atoms with E-state index in [1.165, 1.54) is 12.3 Å². The van der Waals surface area contributed by atoms with Gasteiger partial charge < -0.3 is 19.5 Å². The normalized spacial score (nSPS) is 12.4. The van der Waals surface area contributed by atoms with Gasteiger partial charge in [-0.1, -0.05) is 0 Å². The zero-order chi connectivity index (χ0) is 25.3. The fourth-order valence-corrected chi connectivity index (χ4v) is 4.14. The predicted molar refractivity (Wildman–Crippen MR) is 115 cm³/mol. The minimum atomic E-state index is -4.88. The number of benzene rings is 1. The number of anilines is 2. The lowest BCUT2D eigenvalue weighted by molar-refractivity contribution is -0.136. The van der Waals surface area contributed by atoms with E-state index in [1.54, 1.807) is 20.8 Å². The van der Waals surface area contributed by atoms with Crippen molar-refractivity contribution in [3.8, 4) is 0 Å². The van der Waals surface area contributed by atoms with E-state index in [1.807, 2.05) is 0 Å². The first kappa shape index (κ1) is 25.1. The van der Waals surface area contributed by atoms with Crippen LogP contribution in [0.25, 0.3) is 0 Å². The van der Waals surface area contributed by atoms with Gasteiger partial charge in [0.05, 0.1) is 23.1 Å². The van der Waals surface area contributed by atoms with Gasteiger partial charge in [0.1, 0.15) is 6.26 Å². The molecule has 9 nitrogen and oxygen atoms in total. The maximum Gasteiger partial charge on any atom is 0.418 e. The lowest BCUT2D eigenvalue weighted by Crippen LogP contribution is -2.40. The van der Waals surface area contributed by atoms with Crippen LogP contribution >= 0.6 is 0 Å². The van der Waals surface area contributed by atoms with Gasteiger partial charge in [-0.25, -0.2) is 13.1 Å². The second kappa shape index (κ2) is 8.99. The van der Waals surface area contributed by atoms with Crippen molar-refractivity contribution < 1.29 is 40.0 Å². The van der Waals surface area contributed by atoms with Gasteiger partial charge in [0, 0.05) is 11.2 Å². The van der Waals surface area contributed by atoms with Gasteiger partial charge in [-0.05, 0) is 57.2 Å². The Labute approximate surface area is 192 Å². The molecule has 2 amide bonds. The summed E-state index contributed by atoms with van der Waals surface area (Å²) in [6.45, 7) is 4.79. The summed E-state index contributed by atoms with van der Waals surface area (Å²) in [5.74, 6) is -2.30. The largest absolute Gasteiger partial charge is 0.472 e. The van der Waals surface area contributed by atoms with Gasteiger partial charge in [0.2, 0.25) is 5.09 Å². The number of carbonyl (C=O) groups excluding carboxylic acids is 2. The van der Waals surface area contributed by atoms with E-state index < -0.39 is 55.7 Å². The van der Waals surface area contributed by atoms with E-state index in [0.717, 1.165) is 30.5 Å². The first-order valence-corrected chi connectivity index (χ1v) is 11.1. The fourth-order valence-electron chi connectivity index (χ4n) is 2.79. The molecule has 2 heterocycles. The molecule has 3 N–H and O–H groups in total. The van der Waals surface area contributed by atoms with Crippen LogP contribution in [0.2, 0.25) is 0 Å². The Hall–Kier alpha value is -3.58. The number of carbonyl (C=O) groups is 2. The predicted octanol–water partition coefficient (Wildman–Crippen LogP) is 4.47. The molecule has 182 valence electrons. The van der Waals surface area contributed by atoms with E-state index >= 15 is 0 Å². The van der Waals surface area contributed by atoms with Gasteiger partial charge in [-0.3, -0.25) is 9.59 Å². The van der Waals surface area contributed by atoms with Crippen LogP contribution in [0.3, 0.4) is 0 Å². The van der Waals surface area contributed by atoms with Gasteiger partial charge in [0.15, 0.2) is 5.76 Å². The number of sulfonamides is 1. The van der Waals surface area contributed by atoms with Crippen LogP contribution < -0.4 is 15.4 Å². The highest BCUT2D eigenvalue weighted by Crippen LogP contribution is 2.37. The minimum absolute atomic E-state index is 0.107. The van der Waals surface area contributed by atoms with Crippen LogP contribution in [0.4, 0.5) is 24.5 Å². The summed E-state index contributed by atoms with van der Waals surface area (Å²) < 4.78 is 77.6. The molecule has 13 heteroatoms. The third-order valence-electron chi connectivity index (χ3n) is 4.12. The van der Waals surface area contributed by atoms with Crippen molar-refractivity contribution in [1.29, 1.82) is 0 Å². The number of rotatable bonds is 6. The Balaban J connectivity index is 1.83. The van der Waals surface area contributed by atoms with Crippen molar-refractivity contribution in [2.75, 3.05) is 10.6 Å². The maximum absolute atomic E-state index is 13.6. The smallest absolute Gasteiger partial charge is 0.418 e. The number of amides is 2. The summed E-state index contributed by atoms with van der Waals surface area (Å²) in [6, 6.07) is 6.14. The lowest BCUT2D eigenvalue weighted by Gasteiger charge is -2.19. The molecule has 0 unspecified atom stereocenters. The van der Waals surface area contributed by atoms with Crippen molar-refractivity contribution in [1.82, 2.24) is 4.72 Å². The molecule has 0 aliphatic rings.